The lowest BCUT2D eigenvalue weighted by Gasteiger charge is -2.19. The van der Waals surface area contributed by atoms with E-state index in [1.807, 2.05) is 5.32 Å². The minimum atomic E-state index is -0.744. The highest BCUT2D eigenvalue weighted by Crippen LogP contribution is 1.94. The van der Waals surface area contributed by atoms with E-state index in [0.717, 1.165) is 0 Å². The summed E-state index contributed by atoms with van der Waals surface area (Å²) < 4.78 is 0. The summed E-state index contributed by atoms with van der Waals surface area (Å²) in [5.41, 5.74) is 0. The van der Waals surface area contributed by atoms with Crippen LogP contribution in [0.3, 0.4) is 0 Å². The number of imide groups is 1. The van der Waals surface area contributed by atoms with Gasteiger partial charge in [-0.3, -0.25) is 15.3 Å². The maximum Gasteiger partial charge on any atom is 0.347 e. The van der Waals surface area contributed by atoms with Crippen LogP contribution in [-0.2, 0) is 4.79 Å². The summed E-state index contributed by atoms with van der Waals surface area (Å²) in [5, 5.41) is 11.0. The number of nitrogens with one attached hydrogen (secondary N) is 1. The molecule has 0 aromatic carbocycles. The molecule has 0 saturated carbocycles. The smallest absolute Gasteiger partial charge is 0.284 e. The van der Waals surface area contributed by atoms with Gasteiger partial charge in [0.15, 0.2) is 0 Å². The maximum absolute atomic E-state index is 10.3. The second-order valence-corrected chi connectivity index (χ2v) is 1.73. The van der Waals surface area contributed by atoms with E-state index < -0.39 is 6.03 Å². The Morgan fingerprint density at radius 2 is 2.22 bits per heavy atom. The molecule has 0 unspecified atom stereocenters. The lowest BCUT2D eigenvalue weighted by atomic mass is 10.3. The summed E-state index contributed by atoms with van der Waals surface area (Å²) in [6.07, 6.45) is 0.169. The van der Waals surface area contributed by atoms with Crippen molar-refractivity contribution >= 4 is 11.9 Å². The first kappa shape index (κ1) is 6.03. The van der Waals surface area contributed by atoms with Crippen LogP contribution in [0.1, 0.15) is 6.42 Å². The first-order valence-electron chi connectivity index (χ1n) is 2.50. The third kappa shape index (κ3) is 1.17. The van der Waals surface area contributed by atoms with Crippen molar-refractivity contribution in [1.82, 2.24) is 10.4 Å². The van der Waals surface area contributed by atoms with Gasteiger partial charge < -0.3 is 0 Å². The standard InChI is InChI=1S/C4H6N2O3/c7-3-1-2-6(9)4(8)5-3/h9H,1-2H2,(H,5,7,8). The first-order chi connectivity index (χ1) is 4.20. The Labute approximate surface area is 51.2 Å². The largest absolute Gasteiger partial charge is 0.347 e. The fourth-order valence-electron chi connectivity index (χ4n) is 0.555. The van der Waals surface area contributed by atoms with Gasteiger partial charge in [-0.2, -0.15) is 0 Å². The van der Waals surface area contributed by atoms with Crippen LogP contribution in [-0.4, -0.2) is 28.8 Å². The van der Waals surface area contributed by atoms with Gasteiger partial charge in [0.1, 0.15) is 0 Å². The van der Waals surface area contributed by atoms with Crippen molar-refractivity contribution < 1.29 is 14.8 Å². The van der Waals surface area contributed by atoms with E-state index in [1.165, 1.54) is 0 Å². The lowest BCUT2D eigenvalue weighted by Crippen LogP contribution is -2.47. The second kappa shape index (κ2) is 2.02. The van der Waals surface area contributed by atoms with Crippen molar-refractivity contribution in [2.45, 2.75) is 6.42 Å². The highest BCUT2D eigenvalue weighted by atomic mass is 16.5. The molecule has 1 aliphatic heterocycles. The highest BCUT2D eigenvalue weighted by Gasteiger charge is 2.20. The molecular weight excluding hydrogens is 124 g/mol. The number of carbonyl (C=O) groups excluding carboxylic acids is 2. The number of hydroxylamine groups is 2. The molecule has 1 fully saturated rings. The first-order valence-corrected chi connectivity index (χ1v) is 2.50. The Morgan fingerprint density at radius 1 is 1.56 bits per heavy atom. The monoisotopic (exact) mass is 130 g/mol. The fraction of sp³-hybridized carbons (Fsp3) is 0.500. The number of rotatable bonds is 0. The number of urea groups is 1. The molecule has 0 aliphatic carbocycles. The fourth-order valence-corrected chi connectivity index (χ4v) is 0.555. The molecule has 5 nitrogen and oxygen atoms in total. The summed E-state index contributed by atoms with van der Waals surface area (Å²) in [6, 6.07) is -0.744. The van der Waals surface area contributed by atoms with Gasteiger partial charge in [0.25, 0.3) is 0 Å². The van der Waals surface area contributed by atoms with Crippen LogP contribution in [0.25, 0.3) is 0 Å². The van der Waals surface area contributed by atoms with Crippen molar-refractivity contribution in [3.8, 4) is 0 Å². The molecule has 1 rings (SSSR count). The molecule has 0 radical (unpaired) electrons. The third-order valence-corrected chi connectivity index (χ3v) is 1.03. The third-order valence-electron chi connectivity index (χ3n) is 1.03. The van der Waals surface area contributed by atoms with Gasteiger partial charge >= 0.3 is 6.03 Å². The van der Waals surface area contributed by atoms with Crippen LogP contribution in [0.4, 0.5) is 4.79 Å². The number of amides is 3. The van der Waals surface area contributed by atoms with Gasteiger partial charge in [-0.05, 0) is 0 Å². The molecule has 0 spiro atoms. The Balaban J connectivity index is 2.54. The molecule has 1 heterocycles. The Bertz CT molecular complexity index is 156. The predicted molar refractivity (Wildman–Crippen MR) is 26.6 cm³/mol. The molecule has 0 aromatic rings. The number of hydrogen-bond acceptors (Lipinski definition) is 3. The van der Waals surface area contributed by atoms with Gasteiger partial charge in [0, 0.05) is 6.42 Å². The summed E-state index contributed by atoms with van der Waals surface area (Å²) in [5.74, 6) is -0.342. The minimum Gasteiger partial charge on any atom is -0.284 e. The molecule has 5 heteroatoms. The van der Waals surface area contributed by atoms with E-state index in [1.54, 1.807) is 0 Å². The lowest BCUT2D eigenvalue weighted by molar-refractivity contribution is -0.127. The Kier molecular flexibility index (Phi) is 1.35. The van der Waals surface area contributed by atoms with Gasteiger partial charge in [0.2, 0.25) is 5.91 Å². The predicted octanol–water partition coefficient (Wildman–Crippen LogP) is -0.683. The van der Waals surface area contributed by atoms with Crippen molar-refractivity contribution in [2.24, 2.45) is 0 Å². The maximum atomic E-state index is 10.3. The van der Waals surface area contributed by atoms with Crippen LogP contribution in [0.2, 0.25) is 0 Å². The summed E-state index contributed by atoms with van der Waals surface area (Å²) in [7, 11) is 0. The average Bonchev–Trinajstić information content (AvgIpc) is 1.80. The van der Waals surface area contributed by atoms with E-state index in [4.69, 9.17) is 5.21 Å². The summed E-state index contributed by atoms with van der Waals surface area (Å²) in [6.45, 7) is 0.0880. The van der Waals surface area contributed by atoms with Gasteiger partial charge in [-0.1, -0.05) is 0 Å². The van der Waals surface area contributed by atoms with E-state index in [2.05, 4.69) is 0 Å². The molecule has 50 valence electrons. The van der Waals surface area contributed by atoms with Gasteiger partial charge in [0.05, 0.1) is 6.54 Å². The van der Waals surface area contributed by atoms with E-state index >= 15 is 0 Å². The van der Waals surface area contributed by atoms with Crippen LogP contribution in [0.15, 0.2) is 0 Å². The molecule has 0 bridgehead atoms. The van der Waals surface area contributed by atoms with Crippen molar-refractivity contribution in [3.63, 3.8) is 0 Å². The van der Waals surface area contributed by atoms with E-state index in [0.29, 0.717) is 5.06 Å². The topological polar surface area (TPSA) is 69.6 Å². The zero-order chi connectivity index (χ0) is 6.85. The molecule has 3 amide bonds. The average molecular weight is 130 g/mol. The molecule has 9 heavy (non-hydrogen) atoms. The van der Waals surface area contributed by atoms with Crippen LogP contribution in [0.5, 0.6) is 0 Å². The Morgan fingerprint density at radius 3 is 2.67 bits per heavy atom. The van der Waals surface area contributed by atoms with E-state index in [9.17, 15) is 9.59 Å². The molecular formula is C4H6N2O3. The molecule has 0 aromatic heterocycles. The normalized spacial score (nSPS) is 19.9. The van der Waals surface area contributed by atoms with Crippen molar-refractivity contribution in [3.05, 3.63) is 0 Å². The number of carbonyl (C=O) groups is 2. The number of nitrogens with zero attached hydrogens (tertiary/aromatic N) is 1. The zero-order valence-corrected chi connectivity index (χ0v) is 4.63. The van der Waals surface area contributed by atoms with Gasteiger partial charge in [-0.25, -0.2) is 9.86 Å². The number of hydrogen-bond donors (Lipinski definition) is 2. The molecule has 1 saturated heterocycles. The minimum absolute atomic E-state index is 0.0880. The quantitative estimate of drug-likeness (QED) is 0.427. The molecule has 2 N–H and O–H groups in total. The van der Waals surface area contributed by atoms with E-state index in [-0.39, 0.29) is 18.9 Å². The highest BCUT2D eigenvalue weighted by molar-refractivity contribution is 5.95. The second-order valence-electron chi connectivity index (χ2n) is 1.73. The van der Waals surface area contributed by atoms with Gasteiger partial charge in [-0.15, -0.1) is 0 Å². The summed E-state index contributed by atoms with van der Waals surface area (Å²) in [4.78, 5) is 20.7. The molecule has 0 atom stereocenters. The van der Waals surface area contributed by atoms with Crippen LogP contribution >= 0.6 is 0 Å². The van der Waals surface area contributed by atoms with Crippen molar-refractivity contribution in [1.29, 1.82) is 0 Å². The Hall–Kier alpha value is -1.10. The molecule has 1 aliphatic rings. The summed E-state index contributed by atoms with van der Waals surface area (Å²) >= 11 is 0. The van der Waals surface area contributed by atoms with Crippen LogP contribution in [0, 0.1) is 0 Å². The zero-order valence-electron chi connectivity index (χ0n) is 4.63. The van der Waals surface area contributed by atoms with Crippen LogP contribution < -0.4 is 5.32 Å². The van der Waals surface area contributed by atoms with Crippen molar-refractivity contribution in [2.75, 3.05) is 6.54 Å². The SMILES string of the molecule is O=C1CCN(O)C(=O)N1.